The Labute approximate surface area is 116 Å². The van der Waals surface area contributed by atoms with Gasteiger partial charge in [0.15, 0.2) is 0 Å². The first-order valence-corrected chi connectivity index (χ1v) is 7.47. The molecular weight excluding hydrogens is 234 g/mol. The van der Waals surface area contributed by atoms with Gasteiger partial charge in [0.25, 0.3) is 0 Å². The van der Waals surface area contributed by atoms with Crippen molar-refractivity contribution in [3.8, 4) is 0 Å². The van der Waals surface area contributed by atoms with Gasteiger partial charge in [0.05, 0.1) is 11.0 Å². The molecule has 0 aliphatic rings. The van der Waals surface area contributed by atoms with Crippen molar-refractivity contribution in [1.29, 1.82) is 0 Å². The summed E-state index contributed by atoms with van der Waals surface area (Å²) in [5.74, 6) is 1.19. The van der Waals surface area contributed by atoms with Crippen molar-refractivity contribution < 1.29 is 0 Å². The summed E-state index contributed by atoms with van der Waals surface area (Å²) in [6.45, 7) is 8.67. The minimum absolute atomic E-state index is 0.639. The summed E-state index contributed by atoms with van der Waals surface area (Å²) in [7, 11) is 0. The second-order valence-electron chi connectivity index (χ2n) is 4.99. The molecule has 2 rings (SSSR count). The van der Waals surface area contributed by atoms with Gasteiger partial charge in [-0.25, -0.2) is 4.98 Å². The summed E-state index contributed by atoms with van der Waals surface area (Å²) >= 11 is 0. The SMILES string of the molecule is CCc1nc2ccccc2n1CCNC(CC)CC. The number of aromatic nitrogens is 2. The highest BCUT2D eigenvalue weighted by Crippen LogP contribution is 2.16. The quantitative estimate of drug-likeness (QED) is 0.826. The van der Waals surface area contributed by atoms with Crippen LogP contribution in [0.25, 0.3) is 11.0 Å². The fourth-order valence-corrected chi connectivity index (χ4v) is 2.60. The van der Waals surface area contributed by atoms with Crippen molar-refractivity contribution in [3.63, 3.8) is 0 Å². The molecule has 2 aromatic rings. The summed E-state index contributed by atoms with van der Waals surface area (Å²) in [6.07, 6.45) is 3.38. The molecule has 0 saturated carbocycles. The average molecular weight is 259 g/mol. The summed E-state index contributed by atoms with van der Waals surface area (Å²) < 4.78 is 2.35. The molecule has 1 N–H and O–H groups in total. The molecule has 19 heavy (non-hydrogen) atoms. The molecule has 1 heterocycles. The van der Waals surface area contributed by atoms with E-state index in [1.54, 1.807) is 0 Å². The number of rotatable bonds is 7. The molecule has 3 heteroatoms. The maximum atomic E-state index is 4.70. The molecule has 0 aliphatic carbocycles. The molecule has 0 atom stereocenters. The molecule has 1 aromatic heterocycles. The van der Waals surface area contributed by atoms with E-state index < -0.39 is 0 Å². The van der Waals surface area contributed by atoms with Gasteiger partial charge in [0, 0.05) is 25.6 Å². The van der Waals surface area contributed by atoms with Crippen LogP contribution in [-0.2, 0) is 13.0 Å². The molecule has 3 nitrogen and oxygen atoms in total. The first-order chi connectivity index (χ1) is 9.30. The third-order valence-electron chi connectivity index (χ3n) is 3.80. The van der Waals surface area contributed by atoms with E-state index in [1.807, 2.05) is 0 Å². The van der Waals surface area contributed by atoms with E-state index >= 15 is 0 Å². The predicted molar refractivity (Wildman–Crippen MR) is 81.5 cm³/mol. The van der Waals surface area contributed by atoms with Crippen molar-refractivity contribution in [1.82, 2.24) is 14.9 Å². The largest absolute Gasteiger partial charge is 0.327 e. The van der Waals surface area contributed by atoms with Crippen LogP contribution in [-0.4, -0.2) is 22.1 Å². The first kappa shape index (κ1) is 14.1. The van der Waals surface area contributed by atoms with E-state index in [0.717, 1.165) is 25.0 Å². The maximum Gasteiger partial charge on any atom is 0.109 e. The highest BCUT2D eigenvalue weighted by molar-refractivity contribution is 5.75. The summed E-state index contributed by atoms with van der Waals surface area (Å²) in [6, 6.07) is 9.05. The molecular formula is C16H25N3. The number of nitrogens with one attached hydrogen (secondary N) is 1. The van der Waals surface area contributed by atoms with Gasteiger partial charge < -0.3 is 9.88 Å². The van der Waals surface area contributed by atoms with Crippen LogP contribution in [0.2, 0.25) is 0 Å². The van der Waals surface area contributed by atoms with E-state index in [9.17, 15) is 0 Å². The van der Waals surface area contributed by atoms with Gasteiger partial charge in [0.1, 0.15) is 5.82 Å². The van der Waals surface area contributed by atoms with Crippen LogP contribution >= 0.6 is 0 Å². The van der Waals surface area contributed by atoms with Crippen molar-refractivity contribution >= 4 is 11.0 Å². The fourth-order valence-electron chi connectivity index (χ4n) is 2.60. The van der Waals surface area contributed by atoms with E-state index in [-0.39, 0.29) is 0 Å². The van der Waals surface area contributed by atoms with E-state index in [1.165, 1.54) is 24.2 Å². The van der Waals surface area contributed by atoms with Crippen molar-refractivity contribution in [2.24, 2.45) is 0 Å². The second-order valence-corrected chi connectivity index (χ2v) is 4.99. The maximum absolute atomic E-state index is 4.70. The van der Waals surface area contributed by atoms with E-state index in [4.69, 9.17) is 4.98 Å². The Hall–Kier alpha value is -1.35. The van der Waals surface area contributed by atoms with Crippen LogP contribution in [0, 0.1) is 0 Å². The molecule has 0 unspecified atom stereocenters. The van der Waals surface area contributed by atoms with Crippen LogP contribution in [0.5, 0.6) is 0 Å². The highest BCUT2D eigenvalue weighted by Gasteiger charge is 2.09. The van der Waals surface area contributed by atoms with Crippen molar-refractivity contribution in [2.45, 2.75) is 52.6 Å². The molecule has 0 fully saturated rings. The molecule has 0 aliphatic heterocycles. The molecule has 0 radical (unpaired) electrons. The Kier molecular flexibility index (Phi) is 4.97. The summed E-state index contributed by atoms with van der Waals surface area (Å²) in [4.78, 5) is 4.70. The number of hydrogen-bond acceptors (Lipinski definition) is 2. The van der Waals surface area contributed by atoms with Gasteiger partial charge in [-0.2, -0.15) is 0 Å². The van der Waals surface area contributed by atoms with Gasteiger partial charge in [-0.15, -0.1) is 0 Å². The Balaban J connectivity index is 2.10. The van der Waals surface area contributed by atoms with Crippen LogP contribution in [0.3, 0.4) is 0 Å². The lowest BCUT2D eigenvalue weighted by molar-refractivity contribution is 0.465. The smallest absolute Gasteiger partial charge is 0.109 e. The van der Waals surface area contributed by atoms with Crippen LogP contribution in [0.15, 0.2) is 24.3 Å². The highest BCUT2D eigenvalue weighted by atomic mass is 15.1. The number of nitrogens with zero attached hydrogens (tertiary/aromatic N) is 2. The lowest BCUT2D eigenvalue weighted by Crippen LogP contribution is -2.31. The van der Waals surface area contributed by atoms with Crippen LogP contribution in [0.1, 0.15) is 39.4 Å². The van der Waals surface area contributed by atoms with Crippen molar-refractivity contribution in [2.75, 3.05) is 6.54 Å². The number of fused-ring (bicyclic) bond motifs is 1. The standard InChI is InChI=1S/C16H25N3/c1-4-13(5-2)17-11-12-19-15-10-8-7-9-14(15)18-16(19)6-3/h7-10,13,17H,4-6,11-12H2,1-3H3. The monoisotopic (exact) mass is 259 g/mol. The lowest BCUT2D eigenvalue weighted by Gasteiger charge is -2.15. The lowest BCUT2D eigenvalue weighted by atomic mass is 10.2. The minimum Gasteiger partial charge on any atom is -0.327 e. The fraction of sp³-hybridized carbons (Fsp3) is 0.562. The normalized spacial score (nSPS) is 11.6. The molecule has 104 valence electrons. The zero-order chi connectivity index (χ0) is 13.7. The van der Waals surface area contributed by atoms with Gasteiger partial charge in [-0.05, 0) is 25.0 Å². The Morgan fingerprint density at radius 1 is 1.16 bits per heavy atom. The molecule has 0 bridgehead atoms. The number of aryl methyl sites for hydroxylation is 1. The molecule has 0 saturated heterocycles. The Morgan fingerprint density at radius 3 is 2.58 bits per heavy atom. The molecule has 0 amide bonds. The third-order valence-corrected chi connectivity index (χ3v) is 3.80. The third kappa shape index (κ3) is 3.16. The Morgan fingerprint density at radius 2 is 1.89 bits per heavy atom. The van der Waals surface area contributed by atoms with E-state index in [0.29, 0.717) is 6.04 Å². The van der Waals surface area contributed by atoms with Gasteiger partial charge in [-0.3, -0.25) is 0 Å². The molecule has 1 aromatic carbocycles. The van der Waals surface area contributed by atoms with Gasteiger partial charge in [-0.1, -0.05) is 32.9 Å². The van der Waals surface area contributed by atoms with Crippen LogP contribution < -0.4 is 5.32 Å². The number of imidazole rings is 1. The minimum atomic E-state index is 0.639. The zero-order valence-corrected chi connectivity index (χ0v) is 12.3. The van der Waals surface area contributed by atoms with E-state index in [2.05, 4.69) is 54.9 Å². The van der Waals surface area contributed by atoms with Gasteiger partial charge >= 0.3 is 0 Å². The number of hydrogen-bond donors (Lipinski definition) is 1. The Bertz CT molecular complexity index is 512. The van der Waals surface area contributed by atoms with Crippen LogP contribution in [0.4, 0.5) is 0 Å². The average Bonchev–Trinajstić information content (AvgIpc) is 2.82. The summed E-state index contributed by atoms with van der Waals surface area (Å²) in [5, 5.41) is 3.62. The van der Waals surface area contributed by atoms with Gasteiger partial charge in [0.2, 0.25) is 0 Å². The zero-order valence-electron chi connectivity index (χ0n) is 12.3. The topological polar surface area (TPSA) is 29.9 Å². The second kappa shape index (κ2) is 6.71. The number of benzene rings is 1. The molecule has 0 spiro atoms. The summed E-state index contributed by atoms with van der Waals surface area (Å²) in [5.41, 5.74) is 2.37. The number of para-hydroxylation sites is 2. The van der Waals surface area contributed by atoms with Crippen molar-refractivity contribution in [3.05, 3.63) is 30.1 Å². The first-order valence-electron chi connectivity index (χ1n) is 7.47. The predicted octanol–water partition coefficient (Wildman–Crippen LogP) is 3.38.